The molecule has 2 N–H and O–H groups in total. The van der Waals surface area contributed by atoms with Crippen LogP contribution in [0.5, 0.6) is 0 Å². The monoisotopic (exact) mass is 518 g/mol. The van der Waals surface area contributed by atoms with Gasteiger partial charge in [-0.05, 0) is 57.0 Å². The molecule has 0 aliphatic heterocycles. The third-order valence-corrected chi connectivity index (χ3v) is 4.59. The van der Waals surface area contributed by atoms with Gasteiger partial charge in [0.15, 0.2) is 5.96 Å². The third-order valence-electron chi connectivity index (χ3n) is 4.59. The number of aryl methyl sites for hydroxylation is 3. The van der Waals surface area contributed by atoms with Crippen molar-refractivity contribution in [3.63, 3.8) is 0 Å². The lowest BCUT2D eigenvalue weighted by Crippen LogP contribution is -2.38. The standard InChI is InChI=1S/C23H30N6.HI/c1-4-24-23(26-13-8-14-29-19(3)15-18(2)28-29)27-17-20-9-7-10-21(16-20)22-11-5-6-12-25-22;/h5-7,9-12,15-16H,4,8,13-14,17H2,1-3H3,(H2,24,26,27);1H. The Kier molecular flexibility index (Phi) is 9.79. The van der Waals surface area contributed by atoms with E-state index in [0.29, 0.717) is 6.54 Å². The van der Waals surface area contributed by atoms with E-state index in [9.17, 15) is 0 Å². The van der Waals surface area contributed by atoms with Crippen LogP contribution in [-0.2, 0) is 13.1 Å². The molecule has 0 aliphatic rings. The molecular formula is C23H31IN6. The average molecular weight is 518 g/mol. The van der Waals surface area contributed by atoms with Gasteiger partial charge >= 0.3 is 0 Å². The molecule has 0 radical (unpaired) electrons. The van der Waals surface area contributed by atoms with Crippen molar-refractivity contribution in [2.75, 3.05) is 13.1 Å². The highest BCUT2D eigenvalue weighted by atomic mass is 127. The fourth-order valence-corrected chi connectivity index (χ4v) is 3.21. The molecule has 6 nitrogen and oxygen atoms in total. The lowest BCUT2D eigenvalue weighted by atomic mass is 10.1. The highest BCUT2D eigenvalue weighted by Crippen LogP contribution is 2.18. The molecule has 160 valence electrons. The molecule has 2 heterocycles. The van der Waals surface area contributed by atoms with Gasteiger partial charge in [0.1, 0.15) is 0 Å². The summed E-state index contributed by atoms with van der Waals surface area (Å²) in [6.07, 6.45) is 2.81. The zero-order valence-corrected chi connectivity index (χ0v) is 20.3. The van der Waals surface area contributed by atoms with E-state index in [2.05, 4.69) is 69.6 Å². The molecule has 2 aromatic heterocycles. The zero-order valence-electron chi connectivity index (χ0n) is 17.9. The van der Waals surface area contributed by atoms with Gasteiger partial charge in [0.05, 0.1) is 17.9 Å². The predicted molar refractivity (Wildman–Crippen MR) is 134 cm³/mol. The van der Waals surface area contributed by atoms with Crippen molar-refractivity contribution in [1.29, 1.82) is 0 Å². The van der Waals surface area contributed by atoms with Crippen LogP contribution < -0.4 is 10.6 Å². The Labute approximate surface area is 196 Å². The quantitative estimate of drug-likeness (QED) is 0.202. The van der Waals surface area contributed by atoms with Gasteiger partial charge < -0.3 is 10.6 Å². The average Bonchev–Trinajstić information content (AvgIpc) is 3.07. The van der Waals surface area contributed by atoms with Crippen molar-refractivity contribution in [3.05, 3.63) is 71.7 Å². The van der Waals surface area contributed by atoms with E-state index in [-0.39, 0.29) is 24.0 Å². The van der Waals surface area contributed by atoms with E-state index < -0.39 is 0 Å². The fourth-order valence-electron chi connectivity index (χ4n) is 3.21. The summed E-state index contributed by atoms with van der Waals surface area (Å²) >= 11 is 0. The molecule has 3 rings (SSSR count). The molecule has 0 bridgehead atoms. The molecule has 0 fully saturated rings. The van der Waals surface area contributed by atoms with Crippen LogP contribution in [0, 0.1) is 13.8 Å². The van der Waals surface area contributed by atoms with Crippen molar-refractivity contribution >= 4 is 29.9 Å². The fraction of sp³-hybridized carbons (Fsp3) is 0.348. The number of hydrogen-bond acceptors (Lipinski definition) is 3. The van der Waals surface area contributed by atoms with Crippen LogP contribution in [-0.4, -0.2) is 33.8 Å². The maximum absolute atomic E-state index is 4.74. The molecule has 1 aromatic carbocycles. The van der Waals surface area contributed by atoms with Gasteiger partial charge in [0.25, 0.3) is 0 Å². The Balaban J connectivity index is 0.00000320. The predicted octanol–water partition coefficient (Wildman–Crippen LogP) is 4.33. The Morgan fingerprint density at radius 1 is 1.07 bits per heavy atom. The SMILES string of the molecule is CCNC(=NCc1cccc(-c2ccccn2)c1)NCCCn1nc(C)cc1C.I. The summed E-state index contributed by atoms with van der Waals surface area (Å²) in [6.45, 7) is 9.40. The highest BCUT2D eigenvalue weighted by molar-refractivity contribution is 14.0. The van der Waals surface area contributed by atoms with Gasteiger partial charge in [-0.1, -0.05) is 24.3 Å². The molecule has 0 saturated heterocycles. The number of nitrogens with one attached hydrogen (secondary N) is 2. The number of hydrogen-bond donors (Lipinski definition) is 2. The Morgan fingerprint density at radius 2 is 1.93 bits per heavy atom. The molecule has 0 atom stereocenters. The molecule has 30 heavy (non-hydrogen) atoms. The number of pyridine rings is 1. The summed E-state index contributed by atoms with van der Waals surface area (Å²) < 4.78 is 2.06. The van der Waals surface area contributed by atoms with Gasteiger partial charge in [0, 0.05) is 37.1 Å². The van der Waals surface area contributed by atoms with Gasteiger partial charge in [0.2, 0.25) is 0 Å². The first kappa shape index (κ1) is 23.9. The Bertz CT molecular complexity index is 936. The number of aromatic nitrogens is 3. The molecule has 0 unspecified atom stereocenters. The number of benzene rings is 1. The van der Waals surface area contributed by atoms with Crippen LogP contribution >= 0.6 is 24.0 Å². The van der Waals surface area contributed by atoms with Crippen LogP contribution in [0.1, 0.15) is 30.3 Å². The molecule has 7 heteroatoms. The summed E-state index contributed by atoms with van der Waals surface area (Å²) in [5, 5.41) is 11.2. The van der Waals surface area contributed by atoms with Gasteiger partial charge in [-0.25, -0.2) is 4.99 Å². The largest absolute Gasteiger partial charge is 0.357 e. The maximum atomic E-state index is 4.74. The van der Waals surface area contributed by atoms with Crippen molar-refractivity contribution in [2.45, 2.75) is 40.3 Å². The highest BCUT2D eigenvalue weighted by Gasteiger charge is 2.03. The lowest BCUT2D eigenvalue weighted by molar-refractivity contribution is 0.555. The van der Waals surface area contributed by atoms with Gasteiger partial charge in [-0.2, -0.15) is 5.10 Å². The van der Waals surface area contributed by atoms with Crippen LogP contribution in [0.4, 0.5) is 0 Å². The molecule has 3 aromatic rings. The zero-order chi connectivity index (χ0) is 20.5. The molecule has 0 amide bonds. The summed E-state index contributed by atoms with van der Waals surface area (Å²) in [5.41, 5.74) is 5.52. The molecular weight excluding hydrogens is 487 g/mol. The first-order valence-electron chi connectivity index (χ1n) is 10.2. The summed E-state index contributed by atoms with van der Waals surface area (Å²) in [4.78, 5) is 9.17. The number of aliphatic imine (C=N–C) groups is 1. The van der Waals surface area contributed by atoms with Crippen LogP contribution in [0.25, 0.3) is 11.3 Å². The molecule has 0 aliphatic carbocycles. The number of halogens is 1. The Morgan fingerprint density at radius 3 is 2.63 bits per heavy atom. The minimum absolute atomic E-state index is 0. The van der Waals surface area contributed by atoms with Crippen LogP contribution in [0.2, 0.25) is 0 Å². The second kappa shape index (κ2) is 12.3. The molecule has 0 saturated carbocycles. The topological polar surface area (TPSA) is 67.1 Å². The van der Waals surface area contributed by atoms with E-state index in [1.807, 2.05) is 31.3 Å². The van der Waals surface area contributed by atoms with E-state index in [1.54, 1.807) is 0 Å². The summed E-state index contributed by atoms with van der Waals surface area (Å²) in [6, 6.07) is 16.5. The molecule has 0 spiro atoms. The van der Waals surface area contributed by atoms with Crippen molar-refractivity contribution in [2.24, 2.45) is 4.99 Å². The smallest absolute Gasteiger partial charge is 0.191 e. The second-order valence-corrected chi connectivity index (χ2v) is 7.04. The minimum atomic E-state index is 0. The van der Waals surface area contributed by atoms with Gasteiger partial charge in [-0.3, -0.25) is 9.67 Å². The first-order valence-corrected chi connectivity index (χ1v) is 10.2. The van der Waals surface area contributed by atoms with Gasteiger partial charge in [-0.15, -0.1) is 24.0 Å². The number of nitrogens with zero attached hydrogens (tertiary/aromatic N) is 4. The third kappa shape index (κ3) is 7.12. The van der Waals surface area contributed by atoms with E-state index in [0.717, 1.165) is 54.5 Å². The normalized spacial score (nSPS) is 11.1. The Hall–Kier alpha value is -2.42. The van der Waals surface area contributed by atoms with E-state index in [4.69, 9.17) is 4.99 Å². The van der Waals surface area contributed by atoms with E-state index >= 15 is 0 Å². The number of rotatable bonds is 8. The van der Waals surface area contributed by atoms with Crippen molar-refractivity contribution < 1.29 is 0 Å². The van der Waals surface area contributed by atoms with Crippen molar-refractivity contribution in [3.8, 4) is 11.3 Å². The lowest BCUT2D eigenvalue weighted by Gasteiger charge is -2.12. The number of guanidine groups is 1. The van der Waals surface area contributed by atoms with Crippen molar-refractivity contribution in [1.82, 2.24) is 25.4 Å². The van der Waals surface area contributed by atoms with Crippen LogP contribution in [0.15, 0.2) is 59.7 Å². The summed E-state index contributed by atoms with van der Waals surface area (Å²) in [5.74, 6) is 0.837. The van der Waals surface area contributed by atoms with E-state index in [1.165, 1.54) is 5.69 Å². The van der Waals surface area contributed by atoms with Crippen LogP contribution in [0.3, 0.4) is 0 Å². The first-order chi connectivity index (χ1) is 14.2. The minimum Gasteiger partial charge on any atom is -0.357 e. The second-order valence-electron chi connectivity index (χ2n) is 7.04. The summed E-state index contributed by atoms with van der Waals surface area (Å²) in [7, 11) is 0. The maximum Gasteiger partial charge on any atom is 0.191 e.